The Hall–Kier alpha value is -0.620. The maximum atomic E-state index is 11.8. The lowest BCUT2D eigenvalue weighted by molar-refractivity contribution is -0.123. The number of rotatable bonds is 3. The van der Waals surface area contributed by atoms with Crippen molar-refractivity contribution in [2.75, 3.05) is 11.2 Å². The molecule has 8 heteroatoms. The van der Waals surface area contributed by atoms with Gasteiger partial charge in [-0.25, -0.2) is 0 Å². The monoisotopic (exact) mass is 338 g/mol. The number of amides is 2. The van der Waals surface area contributed by atoms with Crippen molar-refractivity contribution in [3.63, 3.8) is 0 Å². The Kier molecular flexibility index (Phi) is 4.84. The van der Waals surface area contributed by atoms with Gasteiger partial charge in [-0.3, -0.25) is 9.59 Å². The van der Waals surface area contributed by atoms with E-state index in [1.165, 1.54) is 23.9 Å². The molecule has 102 valence electrons. The highest BCUT2D eigenvalue weighted by molar-refractivity contribution is 8.01. The van der Waals surface area contributed by atoms with Gasteiger partial charge in [-0.15, -0.1) is 11.8 Å². The number of carbonyl (C=O) groups is 2. The Labute approximate surface area is 129 Å². The van der Waals surface area contributed by atoms with Gasteiger partial charge in [0, 0.05) is 12.1 Å². The van der Waals surface area contributed by atoms with E-state index >= 15 is 0 Å². The number of carbonyl (C=O) groups excluding carboxylic acids is 2. The Morgan fingerprint density at radius 3 is 2.53 bits per heavy atom. The lowest BCUT2D eigenvalue weighted by atomic mass is 10.2. The number of nitrogens with one attached hydrogen (secondary N) is 2. The summed E-state index contributed by atoms with van der Waals surface area (Å²) in [5, 5.41) is 5.70. The summed E-state index contributed by atoms with van der Waals surface area (Å²) < 4.78 is 0. The molecule has 2 N–H and O–H groups in total. The van der Waals surface area contributed by atoms with Crippen LogP contribution in [0.25, 0.3) is 0 Å². The molecule has 0 spiro atoms. The van der Waals surface area contributed by atoms with Crippen molar-refractivity contribution in [2.24, 2.45) is 0 Å². The number of thioether (sulfide) groups is 1. The van der Waals surface area contributed by atoms with Gasteiger partial charge in [0.25, 0.3) is 0 Å². The molecule has 0 radical (unpaired) electrons. The molecule has 1 aromatic rings. The van der Waals surface area contributed by atoms with Crippen LogP contribution >= 0.6 is 46.6 Å². The van der Waals surface area contributed by atoms with Crippen LogP contribution in [0.15, 0.2) is 12.1 Å². The second kappa shape index (κ2) is 6.22. The van der Waals surface area contributed by atoms with Gasteiger partial charge < -0.3 is 10.6 Å². The normalized spacial score (nSPS) is 18.3. The first kappa shape index (κ1) is 14.8. The first-order chi connectivity index (χ1) is 8.97. The summed E-state index contributed by atoms with van der Waals surface area (Å²) in [7, 11) is 0. The van der Waals surface area contributed by atoms with Gasteiger partial charge in [0.2, 0.25) is 11.8 Å². The number of hydrogen-bond donors (Lipinski definition) is 2. The molecule has 2 amide bonds. The standard InChI is InChI=1S/C11H9Cl3N2O2S/c12-6-1-5(2-7(13)10(6)14)16-9(17)3-8-11(18)15-4-19-8/h1-2,8H,3-4H2,(H,15,18)(H,16,17). The van der Waals surface area contributed by atoms with Crippen LogP contribution in [0.4, 0.5) is 5.69 Å². The molecule has 1 unspecified atom stereocenters. The van der Waals surface area contributed by atoms with Crippen LogP contribution in [0.3, 0.4) is 0 Å². The molecule has 0 aromatic heterocycles. The molecule has 1 aromatic carbocycles. The summed E-state index contributed by atoms with van der Waals surface area (Å²) >= 11 is 18.9. The highest BCUT2D eigenvalue weighted by Gasteiger charge is 2.27. The zero-order chi connectivity index (χ0) is 14.0. The zero-order valence-electron chi connectivity index (χ0n) is 9.50. The van der Waals surface area contributed by atoms with Crippen LogP contribution in [0.1, 0.15) is 6.42 Å². The lowest BCUT2D eigenvalue weighted by Crippen LogP contribution is -2.26. The molecule has 0 aliphatic carbocycles. The predicted octanol–water partition coefficient (Wildman–Crippen LogP) is 3.16. The smallest absolute Gasteiger partial charge is 0.234 e. The first-order valence-electron chi connectivity index (χ1n) is 5.31. The van der Waals surface area contributed by atoms with Crippen LogP contribution in [-0.4, -0.2) is 22.9 Å². The number of hydrogen-bond acceptors (Lipinski definition) is 3. The van der Waals surface area contributed by atoms with Crippen molar-refractivity contribution in [1.29, 1.82) is 0 Å². The second-order valence-corrected chi connectivity index (χ2v) is 6.23. The molecule has 2 rings (SSSR count). The van der Waals surface area contributed by atoms with Crippen LogP contribution in [-0.2, 0) is 9.59 Å². The minimum atomic E-state index is -0.349. The Morgan fingerprint density at radius 2 is 2.00 bits per heavy atom. The van der Waals surface area contributed by atoms with Gasteiger partial charge in [0.05, 0.1) is 26.2 Å². The summed E-state index contributed by atoms with van der Waals surface area (Å²) in [6.45, 7) is 0. The maximum absolute atomic E-state index is 11.8. The summed E-state index contributed by atoms with van der Waals surface area (Å²) in [4.78, 5) is 23.1. The van der Waals surface area contributed by atoms with E-state index in [4.69, 9.17) is 34.8 Å². The number of halogens is 3. The first-order valence-corrected chi connectivity index (χ1v) is 7.49. The van der Waals surface area contributed by atoms with Crippen LogP contribution in [0.2, 0.25) is 15.1 Å². The molecule has 1 atom stereocenters. The third-order valence-electron chi connectivity index (χ3n) is 2.46. The van der Waals surface area contributed by atoms with E-state index in [0.717, 1.165) is 0 Å². The topological polar surface area (TPSA) is 58.2 Å². The van der Waals surface area contributed by atoms with Gasteiger partial charge in [-0.05, 0) is 12.1 Å². The Morgan fingerprint density at radius 1 is 1.37 bits per heavy atom. The maximum Gasteiger partial charge on any atom is 0.234 e. The van der Waals surface area contributed by atoms with Crippen molar-refractivity contribution in [1.82, 2.24) is 5.32 Å². The molecule has 1 aliphatic rings. The van der Waals surface area contributed by atoms with E-state index in [-0.39, 0.29) is 38.6 Å². The molecule has 1 fully saturated rings. The van der Waals surface area contributed by atoms with E-state index in [1.807, 2.05) is 0 Å². The van der Waals surface area contributed by atoms with Gasteiger partial charge in [0.1, 0.15) is 0 Å². The fraction of sp³-hybridized carbons (Fsp3) is 0.273. The molecule has 0 bridgehead atoms. The Bertz CT molecular complexity index is 516. The Balaban J connectivity index is 2.01. The van der Waals surface area contributed by atoms with Crippen molar-refractivity contribution in [3.8, 4) is 0 Å². The minimum absolute atomic E-state index is 0.106. The van der Waals surface area contributed by atoms with E-state index in [0.29, 0.717) is 11.6 Å². The van der Waals surface area contributed by atoms with E-state index in [1.54, 1.807) is 0 Å². The molecule has 1 aliphatic heterocycles. The summed E-state index contributed by atoms with van der Waals surface area (Å²) in [5.41, 5.74) is 0.452. The van der Waals surface area contributed by atoms with Gasteiger partial charge in [-0.2, -0.15) is 0 Å². The van der Waals surface area contributed by atoms with E-state index < -0.39 is 0 Å². The van der Waals surface area contributed by atoms with Crippen molar-refractivity contribution < 1.29 is 9.59 Å². The third-order valence-corrected chi connectivity index (χ3v) is 4.75. The number of benzene rings is 1. The van der Waals surface area contributed by atoms with E-state index in [2.05, 4.69) is 10.6 Å². The van der Waals surface area contributed by atoms with Crippen molar-refractivity contribution in [2.45, 2.75) is 11.7 Å². The molecule has 0 saturated carbocycles. The van der Waals surface area contributed by atoms with Crippen molar-refractivity contribution in [3.05, 3.63) is 27.2 Å². The summed E-state index contributed by atoms with van der Waals surface area (Å²) in [6, 6.07) is 3.02. The average Bonchev–Trinajstić information content (AvgIpc) is 2.72. The molecular formula is C11H9Cl3N2O2S. The van der Waals surface area contributed by atoms with Gasteiger partial charge in [-0.1, -0.05) is 34.8 Å². The SMILES string of the molecule is O=C(CC1SCNC1=O)Nc1cc(Cl)c(Cl)c(Cl)c1. The fourth-order valence-corrected chi connectivity index (χ4v) is 3.09. The highest BCUT2D eigenvalue weighted by atomic mass is 35.5. The van der Waals surface area contributed by atoms with Crippen LogP contribution < -0.4 is 10.6 Å². The van der Waals surface area contributed by atoms with E-state index in [9.17, 15) is 9.59 Å². The number of anilines is 1. The van der Waals surface area contributed by atoms with Crippen molar-refractivity contribution >= 4 is 64.1 Å². The molecule has 19 heavy (non-hydrogen) atoms. The minimum Gasteiger partial charge on any atom is -0.346 e. The largest absolute Gasteiger partial charge is 0.346 e. The fourth-order valence-electron chi connectivity index (χ4n) is 1.56. The quantitative estimate of drug-likeness (QED) is 0.832. The molecular weight excluding hydrogens is 331 g/mol. The third kappa shape index (κ3) is 3.69. The summed E-state index contributed by atoms with van der Waals surface area (Å²) in [6.07, 6.45) is 0.106. The summed E-state index contributed by atoms with van der Waals surface area (Å²) in [5.74, 6) is 0.145. The second-order valence-electron chi connectivity index (χ2n) is 3.85. The van der Waals surface area contributed by atoms with Crippen LogP contribution in [0, 0.1) is 0 Å². The predicted molar refractivity (Wildman–Crippen MR) is 79.1 cm³/mol. The average molecular weight is 340 g/mol. The lowest BCUT2D eigenvalue weighted by Gasteiger charge is -2.09. The van der Waals surface area contributed by atoms with Gasteiger partial charge in [0.15, 0.2) is 0 Å². The molecule has 1 heterocycles. The zero-order valence-corrected chi connectivity index (χ0v) is 12.6. The molecule has 1 saturated heterocycles. The molecule has 4 nitrogen and oxygen atoms in total. The van der Waals surface area contributed by atoms with Crippen LogP contribution in [0.5, 0.6) is 0 Å². The highest BCUT2D eigenvalue weighted by Crippen LogP contribution is 2.33. The van der Waals surface area contributed by atoms with Gasteiger partial charge >= 0.3 is 0 Å².